The Hall–Kier alpha value is -3.33. The Kier molecular flexibility index (Phi) is 4.56. The summed E-state index contributed by atoms with van der Waals surface area (Å²) in [6.07, 6.45) is 3.92. The van der Waals surface area contributed by atoms with E-state index < -0.39 is 13.5 Å². The Morgan fingerprint density at radius 2 is 0.844 bits per heavy atom. The molecule has 5 rings (SSSR count). The van der Waals surface area contributed by atoms with E-state index in [9.17, 15) is 4.79 Å². The van der Waals surface area contributed by atoms with Crippen molar-refractivity contribution < 1.29 is 4.79 Å². The van der Waals surface area contributed by atoms with Gasteiger partial charge < -0.3 is 0 Å². The number of hydrogen-bond acceptors (Lipinski definition) is 1. The van der Waals surface area contributed by atoms with Gasteiger partial charge in [0.05, 0.1) is 4.91 Å². The average Bonchev–Trinajstić information content (AvgIpc) is 3.27. The molecule has 0 saturated heterocycles. The summed E-state index contributed by atoms with van der Waals surface area (Å²) in [6.45, 7) is 0. The molecule has 1 nitrogen and oxygen atoms in total. The Balaban J connectivity index is 2.26. The van der Waals surface area contributed by atoms with E-state index in [0.29, 0.717) is 4.91 Å². The van der Waals surface area contributed by atoms with Crippen LogP contribution in [0.15, 0.2) is 163 Å². The second-order valence-electron chi connectivity index (χ2n) is 8.00. The van der Waals surface area contributed by atoms with Crippen molar-refractivity contribution in [2.45, 2.75) is 19.6 Å². The van der Waals surface area contributed by atoms with Gasteiger partial charge in [-0.25, -0.2) is 0 Å². The lowest BCUT2D eigenvalue weighted by Crippen LogP contribution is -2.38. The normalized spacial score (nSPS) is 19.6. The smallest absolute Gasteiger partial charge is 0.257 e. The van der Waals surface area contributed by atoms with Crippen LogP contribution in [0.2, 0.25) is 0 Å². The highest BCUT2D eigenvalue weighted by Crippen LogP contribution is 3.11. The lowest BCUT2D eigenvalue weighted by Gasteiger charge is -2.77. The van der Waals surface area contributed by atoms with Crippen LogP contribution < -0.4 is 0 Å². The van der Waals surface area contributed by atoms with E-state index in [1.54, 1.807) is 0 Å². The zero-order valence-electron chi connectivity index (χ0n) is 17.5. The molecule has 0 amide bonds. The van der Waals surface area contributed by atoms with E-state index in [1.807, 2.05) is 84.9 Å². The summed E-state index contributed by atoms with van der Waals surface area (Å²) >= 11 is 6.53. The summed E-state index contributed by atoms with van der Waals surface area (Å²) in [5.41, 5.74) is 0. The number of benzene rings is 4. The van der Waals surface area contributed by atoms with Crippen molar-refractivity contribution >= 4 is 25.1 Å². The molecule has 158 valence electrons. The van der Waals surface area contributed by atoms with Crippen LogP contribution in [0.25, 0.3) is 0 Å². The molecule has 1 aliphatic rings. The number of halogens is 1. The van der Waals surface area contributed by atoms with Crippen molar-refractivity contribution in [1.29, 1.82) is 0 Å². The van der Waals surface area contributed by atoms with Crippen LogP contribution in [-0.2, 0) is 4.79 Å². The first-order valence-corrected chi connectivity index (χ1v) is 13.4. The summed E-state index contributed by atoms with van der Waals surface area (Å²) in [4.78, 5) is 18.2. The van der Waals surface area contributed by atoms with Gasteiger partial charge in [0.2, 0.25) is 0 Å². The van der Waals surface area contributed by atoms with Crippen LogP contribution in [0.3, 0.4) is 0 Å². The molecule has 1 aliphatic heterocycles. The summed E-state index contributed by atoms with van der Waals surface area (Å²) in [5.74, 6) is 0. The third kappa shape index (κ3) is 2.09. The zero-order chi connectivity index (χ0) is 22.1. The quantitative estimate of drug-likeness (QED) is 0.277. The summed E-state index contributed by atoms with van der Waals surface area (Å²) < 4.78 is 0. The van der Waals surface area contributed by atoms with Gasteiger partial charge in [-0.1, -0.05) is 78.9 Å². The van der Waals surface area contributed by atoms with Gasteiger partial charge in [0.25, 0.3) is 5.24 Å². The van der Waals surface area contributed by atoms with Crippen molar-refractivity contribution in [3.63, 3.8) is 0 Å². The Morgan fingerprint density at radius 1 is 0.531 bits per heavy atom. The van der Waals surface area contributed by atoms with Gasteiger partial charge in [0.1, 0.15) is 0 Å². The molecular weight excluding hydrogens is 432 g/mol. The van der Waals surface area contributed by atoms with E-state index in [1.165, 1.54) is 0 Å². The average molecular weight is 455 g/mol. The predicted molar refractivity (Wildman–Crippen MR) is 135 cm³/mol. The largest absolute Gasteiger partial charge is 0.275 e. The van der Waals surface area contributed by atoms with Crippen LogP contribution in [0.4, 0.5) is 0 Å². The van der Waals surface area contributed by atoms with Crippen molar-refractivity contribution in [1.82, 2.24) is 0 Å². The number of hydrogen-bond donors (Lipinski definition) is 0. The molecule has 1 heterocycles. The minimum Gasteiger partial charge on any atom is -0.275 e. The number of rotatable bonds is 5. The predicted octanol–water partition coefficient (Wildman–Crippen LogP) is 8.28. The Bertz CT molecular complexity index is 1180. The topological polar surface area (TPSA) is 17.1 Å². The lowest BCUT2D eigenvalue weighted by atomic mass is 10.3. The fourth-order valence-corrected chi connectivity index (χ4v) is 14.4. The van der Waals surface area contributed by atoms with Crippen LogP contribution in [-0.4, -0.2) is 5.24 Å². The first-order chi connectivity index (χ1) is 15.6. The van der Waals surface area contributed by atoms with Crippen LogP contribution in [0, 0.1) is 0 Å². The second-order valence-corrected chi connectivity index (χ2v) is 14.2. The first kappa shape index (κ1) is 20.6. The molecule has 32 heavy (non-hydrogen) atoms. The molecule has 0 aliphatic carbocycles. The highest BCUT2D eigenvalue weighted by molar-refractivity contribution is 8.70. The van der Waals surface area contributed by atoms with E-state index in [-0.39, 0.29) is 0 Å². The van der Waals surface area contributed by atoms with Crippen molar-refractivity contribution in [3.05, 3.63) is 144 Å². The Morgan fingerprint density at radius 3 is 1.12 bits per heavy atom. The SMILES string of the molecule is O=C(Cl)C1=CC=CS1(c1ccccc1)(c1ccccc1)(c1ccccc1)c1ccccc1. The van der Waals surface area contributed by atoms with Gasteiger partial charge in [0, 0.05) is 0 Å². The maximum atomic E-state index is 13.5. The monoisotopic (exact) mass is 454 g/mol. The molecule has 0 aromatic heterocycles. The van der Waals surface area contributed by atoms with Crippen molar-refractivity contribution in [3.8, 4) is 0 Å². The van der Waals surface area contributed by atoms with E-state index in [2.05, 4.69) is 53.9 Å². The molecule has 0 unspecified atom stereocenters. The lowest BCUT2D eigenvalue weighted by molar-refractivity contribution is -0.108. The van der Waals surface area contributed by atoms with Crippen LogP contribution in [0.1, 0.15) is 0 Å². The maximum absolute atomic E-state index is 13.5. The molecule has 0 N–H and O–H groups in total. The number of allylic oxidation sites excluding steroid dienone is 3. The molecule has 4 aromatic rings. The van der Waals surface area contributed by atoms with Crippen molar-refractivity contribution in [2.24, 2.45) is 0 Å². The molecule has 0 atom stereocenters. The third-order valence-electron chi connectivity index (χ3n) is 6.83. The maximum Gasteiger partial charge on any atom is 0.257 e. The fraction of sp³-hybridized carbons (Fsp3) is 0. The second kappa shape index (κ2) is 7.09. The first-order valence-electron chi connectivity index (χ1n) is 10.5. The highest BCUT2D eigenvalue weighted by atomic mass is 35.5. The van der Waals surface area contributed by atoms with Gasteiger partial charge in [0.15, 0.2) is 0 Å². The zero-order valence-corrected chi connectivity index (χ0v) is 19.0. The molecule has 0 radical (unpaired) electrons. The van der Waals surface area contributed by atoms with Crippen LogP contribution in [0.5, 0.6) is 0 Å². The van der Waals surface area contributed by atoms with E-state index in [4.69, 9.17) is 11.6 Å². The molecule has 3 heteroatoms. The third-order valence-corrected chi connectivity index (χ3v) is 15.4. The fourth-order valence-electron chi connectivity index (χ4n) is 5.57. The molecule has 0 spiro atoms. The molecule has 0 bridgehead atoms. The highest BCUT2D eigenvalue weighted by Gasteiger charge is 2.69. The Labute approximate surface area is 193 Å². The van der Waals surface area contributed by atoms with Gasteiger partial charge in [-0.15, -0.1) is 0 Å². The van der Waals surface area contributed by atoms with E-state index >= 15 is 0 Å². The number of carbonyl (C=O) groups excluding carboxylic acids is 1. The van der Waals surface area contributed by atoms with Crippen molar-refractivity contribution in [2.75, 3.05) is 0 Å². The molecule has 0 saturated carbocycles. The van der Waals surface area contributed by atoms with Gasteiger partial charge in [-0.05, 0) is 91.2 Å². The summed E-state index contributed by atoms with van der Waals surface area (Å²) in [7, 11) is -4.25. The van der Waals surface area contributed by atoms with Crippen LogP contribution >= 0.6 is 19.9 Å². The molecular formula is C29H23ClOS. The van der Waals surface area contributed by atoms with Gasteiger partial charge in [-0.3, -0.25) is 4.79 Å². The number of carbonyl (C=O) groups is 1. The van der Waals surface area contributed by atoms with E-state index in [0.717, 1.165) is 19.6 Å². The minimum absolute atomic E-state index is 0.447. The van der Waals surface area contributed by atoms with Gasteiger partial charge in [-0.2, -0.15) is 8.29 Å². The standard InChI is InChI=1S/C29H23ClOS/c30-29(31)28-22-13-23-32(28,24-14-5-1-6-15-24,25-16-7-2-8-17-25,26-18-9-3-10-19-26)27-20-11-4-12-21-27/h1-23H. The molecule has 0 fully saturated rings. The summed E-state index contributed by atoms with van der Waals surface area (Å²) in [5, 5.41) is 1.82. The molecule has 4 aromatic carbocycles. The summed E-state index contributed by atoms with van der Waals surface area (Å²) in [6, 6.07) is 41.5. The van der Waals surface area contributed by atoms with Gasteiger partial charge >= 0.3 is 0 Å². The minimum atomic E-state index is -4.25.